The van der Waals surface area contributed by atoms with Gasteiger partial charge in [0.05, 0.1) is 23.7 Å². The van der Waals surface area contributed by atoms with Gasteiger partial charge in [-0.25, -0.2) is 0 Å². The lowest BCUT2D eigenvalue weighted by Gasteiger charge is -2.37. The second-order valence-electron chi connectivity index (χ2n) is 6.45. The molecule has 1 heterocycles. The van der Waals surface area contributed by atoms with Crippen LogP contribution in [0.1, 0.15) is 17.3 Å². The average Bonchev–Trinajstić information content (AvgIpc) is 2.66. The molecule has 3 rings (SSSR count). The molecule has 1 aliphatic rings. The Balaban J connectivity index is 1.83. The van der Waals surface area contributed by atoms with E-state index in [4.69, 9.17) is 10.5 Å². The lowest BCUT2D eigenvalue weighted by molar-refractivity contribution is -0.384. The molecule has 0 aromatic heterocycles. The van der Waals surface area contributed by atoms with Gasteiger partial charge in [-0.3, -0.25) is 14.9 Å². The van der Waals surface area contributed by atoms with Gasteiger partial charge < -0.3 is 20.3 Å². The molecule has 8 nitrogen and oxygen atoms in total. The van der Waals surface area contributed by atoms with Gasteiger partial charge in [0.15, 0.2) is 0 Å². The van der Waals surface area contributed by atoms with Gasteiger partial charge in [0, 0.05) is 25.2 Å². The van der Waals surface area contributed by atoms with Gasteiger partial charge in [-0.05, 0) is 31.2 Å². The highest BCUT2D eigenvalue weighted by Gasteiger charge is 2.27. The Morgan fingerprint density at radius 2 is 2.11 bits per heavy atom. The van der Waals surface area contributed by atoms with Crippen molar-refractivity contribution in [1.82, 2.24) is 0 Å². The largest absolute Gasteiger partial charge is 0.485 e. The number of amides is 1. The van der Waals surface area contributed by atoms with Gasteiger partial charge in [-0.1, -0.05) is 12.1 Å². The van der Waals surface area contributed by atoms with E-state index in [1.807, 2.05) is 24.3 Å². The fourth-order valence-electron chi connectivity index (χ4n) is 3.32. The molecule has 1 amide bonds. The maximum atomic E-state index is 11.4. The zero-order valence-corrected chi connectivity index (χ0v) is 15.3. The van der Waals surface area contributed by atoms with Gasteiger partial charge in [0.2, 0.25) is 5.91 Å². The molecule has 2 aromatic rings. The number of para-hydroxylation sites is 2. The summed E-state index contributed by atoms with van der Waals surface area (Å²) in [7, 11) is 1.77. The Bertz CT molecular complexity index is 871. The van der Waals surface area contributed by atoms with E-state index < -0.39 is 10.8 Å². The van der Waals surface area contributed by atoms with Crippen molar-refractivity contribution >= 4 is 23.0 Å². The van der Waals surface area contributed by atoms with Crippen molar-refractivity contribution < 1.29 is 14.5 Å². The Morgan fingerprint density at radius 3 is 2.78 bits per heavy atom. The molecule has 27 heavy (non-hydrogen) atoms. The van der Waals surface area contributed by atoms with Crippen LogP contribution in [0.15, 0.2) is 42.5 Å². The molecule has 2 N–H and O–H groups in total. The minimum atomic E-state index is -0.696. The second-order valence-corrected chi connectivity index (χ2v) is 6.45. The number of fused-ring (bicyclic) bond motifs is 1. The fraction of sp³-hybridized carbons (Fsp3) is 0.316. The van der Waals surface area contributed by atoms with Crippen LogP contribution in [0.3, 0.4) is 0 Å². The van der Waals surface area contributed by atoms with Crippen LogP contribution in [0.2, 0.25) is 0 Å². The van der Waals surface area contributed by atoms with Crippen LogP contribution in [-0.4, -0.2) is 43.6 Å². The number of nitrogens with zero attached hydrogens (tertiary/aromatic N) is 3. The summed E-state index contributed by atoms with van der Waals surface area (Å²) in [5, 5.41) is 11.4. The van der Waals surface area contributed by atoms with E-state index in [1.54, 1.807) is 18.0 Å². The molecule has 8 heteroatoms. The predicted molar refractivity (Wildman–Crippen MR) is 104 cm³/mol. The van der Waals surface area contributed by atoms with E-state index in [9.17, 15) is 14.9 Å². The third-order valence-corrected chi connectivity index (χ3v) is 4.65. The van der Waals surface area contributed by atoms with Crippen LogP contribution in [-0.2, 0) is 0 Å². The molecule has 142 valence electrons. The molecule has 0 radical (unpaired) electrons. The first-order valence-corrected chi connectivity index (χ1v) is 8.70. The summed E-state index contributed by atoms with van der Waals surface area (Å²) < 4.78 is 6.09. The summed E-state index contributed by atoms with van der Waals surface area (Å²) in [6, 6.07) is 12.1. The minimum Gasteiger partial charge on any atom is -0.485 e. The Morgan fingerprint density at radius 1 is 1.37 bits per heavy atom. The lowest BCUT2D eigenvalue weighted by atomic mass is 10.1. The van der Waals surface area contributed by atoms with Gasteiger partial charge in [-0.2, -0.15) is 0 Å². The molecular formula is C19H22N4O4. The quantitative estimate of drug-likeness (QED) is 0.619. The number of hydrogen-bond donors (Lipinski definition) is 1. The normalized spacial score (nSPS) is 15.6. The molecular weight excluding hydrogens is 348 g/mol. The number of rotatable bonds is 6. The molecule has 0 aliphatic carbocycles. The number of hydrogen-bond acceptors (Lipinski definition) is 6. The van der Waals surface area contributed by atoms with E-state index in [0.717, 1.165) is 18.0 Å². The number of carbonyl (C=O) groups is 1. The molecule has 0 saturated heterocycles. The zero-order chi connectivity index (χ0) is 19.6. The van der Waals surface area contributed by atoms with Crippen LogP contribution < -0.4 is 20.3 Å². The summed E-state index contributed by atoms with van der Waals surface area (Å²) in [5.74, 6) is 0.112. The maximum Gasteiger partial charge on any atom is 0.293 e. The molecule has 0 saturated carbocycles. The Hall–Kier alpha value is -3.29. The van der Waals surface area contributed by atoms with E-state index in [2.05, 4.69) is 11.8 Å². The number of nitro groups is 1. The third-order valence-electron chi connectivity index (χ3n) is 4.65. The first kappa shape index (κ1) is 18.5. The van der Waals surface area contributed by atoms with Crippen LogP contribution in [0.5, 0.6) is 5.75 Å². The molecule has 0 spiro atoms. The molecule has 0 bridgehead atoms. The number of likely N-dealkylation sites (N-methyl/N-ethyl adjacent to an activating group) is 2. The van der Waals surface area contributed by atoms with Crippen LogP contribution in [0, 0.1) is 10.1 Å². The van der Waals surface area contributed by atoms with E-state index in [0.29, 0.717) is 18.8 Å². The standard InChI is InChI=1S/C19H22N4O4/c1-3-22-12-14(27-18-7-5-4-6-16(18)22)11-21(2)15-9-8-13(19(20)24)10-17(15)23(25)26/h4-10,14H,3,11-12H2,1-2H3,(H2,20,24)/t14-/m0/s1. The van der Waals surface area contributed by atoms with Crippen molar-refractivity contribution in [3.05, 3.63) is 58.1 Å². The van der Waals surface area contributed by atoms with Crippen molar-refractivity contribution in [3.8, 4) is 5.75 Å². The average molecular weight is 370 g/mol. The van der Waals surface area contributed by atoms with Gasteiger partial charge in [0.25, 0.3) is 5.69 Å². The van der Waals surface area contributed by atoms with Crippen molar-refractivity contribution in [3.63, 3.8) is 0 Å². The zero-order valence-electron chi connectivity index (χ0n) is 15.3. The summed E-state index contributed by atoms with van der Waals surface area (Å²) in [4.78, 5) is 26.3. The number of primary amides is 1. The van der Waals surface area contributed by atoms with Crippen molar-refractivity contribution in [2.24, 2.45) is 5.73 Å². The van der Waals surface area contributed by atoms with Gasteiger partial charge in [0.1, 0.15) is 17.5 Å². The van der Waals surface area contributed by atoms with Crippen molar-refractivity contribution in [2.45, 2.75) is 13.0 Å². The third kappa shape index (κ3) is 3.79. The summed E-state index contributed by atoms with van der Waals surface area (Å²) in [6.45, 7) is 4.07. The fourth-order valence-corrected chi connectivity index (χ4v) is 3.32. The molecule has 1 aliphatic heterocycles. The first-order valence-electron chi connectivity index (χ1n) is 8.70. The predicted octanol–water partition coefficient (Wildman–Crippen LogP) is 2.42. The van der Waals surface area contributed by atoms with Gasteiger partial charge >= 0.3 is 0 Å². The lowest BCUT2D eigenvalue weighted by Crippen LogP contribution is -2.45. The highest BCUT2D eigenvalue weighted by molar-refractivity contribution is 5.94. The van der Waals surface area contributed by atoms with Crippen molar-refractivity contribution in [1.29, 1.82) is 0 Å². The van der Waals surface area contributed by atoms with E-state index >= 15 is 0 Å². The van der Waals surface area contributed by atoms with Crippen LogP contribution in [0.4, 0.5) is 17.1 Å². The highest BCUT2D eigenvalue weighted by Crippen LogP contribution is 2.34. The molecule has 0 fully saturated rings. The number of nitro benzene ring substituents is 1. The maximum absolute atomic E-state index is 11.4. The smallest absolute Gasteiger partial charge is 0.293 e. The summed E-state index contributed by atoms with van der Waals surface area (Å²) in [6.07, 6.45) is -0.153. The second kappa shape index (κ2) is 7.53. The number of anilines is 2. The molecule has 2 aromatic carbocycles. The summed E-state index contributed by atoms with van der Waals surface area (Å²) in [5.41, 5.74) is 6.65. The number of carbonyl (C=O) groups excluding carboxylic acids is 1. The van der Waals surface area contributed by atoms with Crippen molar-refractivity contribution in [2.75, 3.05) is 36.5 Å². The van der Waals surface area contributed by atoms with E-state index in [-0.39, 0.29) is 17.4 Å². The van der Waals surface area contributed by atoms with Crippen LogP contribution in [0.25, 0.3) is 0 Å². The van der Waals surface area contributed by atoms with Gasteiger partial charge in [-0.15, -0.1) is 0 Å². The monoisotopic (exact) mass is 370 g/mol. The Kier molecular flexibility index (Phi) is 5.16. The number of nitrogens with two attached hydrogens (primary N) is 1. The first-order chi connectivity index (χ1) is 12.9. The van der Waals surface area contributed by atoms with E-state index in [1.165, 1.54) is 12.1 Å². The Labute approximate surface area is 157 Å². The SMILES string of the molecule is CCN1C[C@H](CN(C)c2ccc(C(N)=O)cc2[N+](=O)[O-])Oc2ccccc21. The highest BCUT2D eigenvalue weighted by atomic mass is 16.6. The number of benzene rings is 2. The van der Waals surface area contributed by atoms with Crippen LogP contribution >= 0.6 is 0 Å². The molecule has 1 atom stereocenters. The number of ether oxygens (including phenoxy) is 1. The minimum absolute atomic E-state index is 0.110. The molecule has 0 unspecified atom stereocenters. The summed E-state index contributed by atoms with van der Waals surface area (Å²) >= 11 is 0. The topological polar surface area (TPSA) is 102 Å².